The van der Waals surface area contributed by atoms with Crippen LogP contribution < -0.4 is 5.32 Å². The summed E-state index contributed by atoms with van der Waals surface area (Å²) < 4.78 is 5.09. The molecule has 88 valence electrons. The molecule has 0 saturated heterocycles. The molecule has 0 aromatic rings. The van der Waals surface area contributed by atoms with Crippen LogP contribution in [-0.2, 0) is 4.74 Å². The molecule has 0 saturated carbocycles. The van der Waals surface area contributed by atoms with Gasteiger partial charge in [0.05, 0.1) is 31.3 Å². The number of nitrogens with zero attached hydrogens (tertiary/aromatic N) is 1. The standard InChI is InChI=1S/C11H22N2O2/c1-11(2,10-12)4-3-5-13-6-8-15-9-7-14/h13-14H,3-9H2,1-2H3. The van der Waals surface area contributed by atoms with E-state index in [4.69, 9.17) is 15.1 Å². The van der Waals surface area contributed by atoms with Crippen molar-refractivity contribution in [3.63, 3.8) is 0 Å². The Morgan fingerprint density at radius 2 is 2.07 bits per heavy atom. The molecule has 0 rings (SSSR count). The van der Waals surface area contributed by atoms with Gasteiger partial charge in [0.25, 0.3) is 0 Å². The molecule has 0 aliphatic rings. The van der Waals surface area contributed by atoms with Crippen LogP contribution in [0.25, 0.3) is 0 Å². The first-order valence-electron chi connectivity index (χ1n) is 5.43. The Morgan fingerprint density at radius 1 is 1.33 bits per heavy atom. The van der Waals surface area contributed by atoms with Gasteiger partial charge in [0.2, 0.25) is 0 Å². The number of hydrogen-bond donors (Lipinski definition) is 2. The summed E-state index contributed by atoms with van der Waals surface area (Å²) in [5.41, 5.74) is -0.213. The zero-order valence-corrected chi connectivity index (χ0v) is 9.75. The summed E-state index contributed by atoms with van der Waals surface area (Å²) in [5, 5.41) is 20.5. The van der Waals surface area contributed by atoms with Crippen molar-refractivity contribution in [2.24, 2.45) is 5.41 Å². The molecule has 0 aromatic carbocycles. The van der Waals surface area contributed by atoms with Crippen molar-refractivity contribution >= 4 is 0 Å². The Kier molecular flexibility index (Phi) is 8.30. The average Bonchev–Trinajstić information content (AvgIpc) is 2.22. The number of nitrogens with one attached hydrogen (secondary N) is 1. The van der Waals surface area contributed by atoms with E-state index >= 15 is 0 Å². The topological polar surface area (TPSA) is 65.3 Å². The highest BCUT2D eigenvalue weighted by Gasteiger charge is 2.14. The van der Waals surface area contributed by atoms with Gasteiger partial charge in [-0.1, -0.05) is 0 Å². The highest BCUT2D eigenvalue weighted by molar-refractivity contribution is 4.91. The van der Waals surface area contributed by atoms with Gasteiger partial charge < -0.3 is 15.2 Å². The maximum atomic E-state index is 8.78. The lowest BCUT2D eigenvalue weighted by Crippen LogP contribution is -2.22. The van der Waals surface area contributed by atoms with Gasteiger partial charge in [-0.15, -0.1) is 0 Å². The molecule has 0 bridgehead atoms. The maximum absolute atomic E-state index is 8.78. The zero-order chi connectivity index (χ0) is 11.6. The molecule has 0 atom stereocenters. The number of ether oxygens (including phenoxy) is 1. The minimum atomic E-state index is -0.213. The highest BCUT2D eigenvalue weighted by atomic mass is 16.5. The number of rotatable bonds is 9. The van der Waals surface area contributed by atoms with Gasteiger partial charge in [-0.2, -0.15) is 5.26 Å². The molecule has 0 amide bonds. The number of nitriles is 1. The van der Waals surface area contributed by atoms with Gasteiger partial charge in [-0.25, -0.2) is 0 Å². The second kappa shape index (κ2) is 8.66. The van der Waals surface area contributed by atoms with Gasteiger partial charge in [0.15, 0.2) is 0 Å². The van der Waals surface area contributed by atoms with E-state index in [-0.39, 0.29) is 12.0 Å². The van der Waals surface area contributed by atoms with E-state index in [9.17, 15) is 0 Å². The zero-order valence-electron chi connectivity index (χ0n) is 9.75. The van der Waals surface area contributed by atoms with Crippen LogP contribution in [0.3, 0.4) is 0 Å². The molecule has 4 heteroatoms. The van der Waals surface area contributed by atoms with E-state index in [0.717, 1.165) is 25.9 Å². The van der Waals surface area contributed by atoms with Crippen molar-refractivity contribution in [3.05, 3.63) is 0 Å². The van der Waals surface area contributed by atoms with Crippen LogP contribution in [0.2, 0.25) is 0 Å². The fourth-order valence-corrected chi connectivity index (χ4v) is 1.15. The minimum Gasteiger partial charge on any atom is -0.394 e. The van der Waals surface area contributed by atoms with E-state index in [1.54, 1.807) is 0 Å². The van der Waals surface area contributed by atoms with Gasteiger partial charge >= 0.3 is 0 Å². The van der Waals surface area contributed by atoms with E-state index in [2.05, 4.69) is 11.4 Å². The Morgan fingerprint density at radius 3 is 2.67 bits per heavy atom. The Hall–Kier alpha value is -0.630. The summed E-state index contributed by atoms with van der Waals surface area (Å²) >= 11 is 0. The molecular formula is C11H22N2O2. The first-order valence-corrected chi connectivity index (χ1v) is 5.43. The van der Waals surface area contributed by atoms with Crippen molar-refractivity contribution in [1.82, 2.24) is 5.32 Å². The Labute approximate surface area is 92.2 Å². The Balaban J connectivity index is 3.16. The summed E-state index contributed by atoms with van der Waals surface area (Å²) in [6, 6.07) is 2.28. The molecule has 0 aliphatic carbocycles. The molecular weight excluding hydrogens is 192 g/mol. The Bertz CT molecular complexity index is 188. The number of aliphatic hydroxyl groups excluding tert-OH is 1. The van der Waals surface area contributed by atoms with Crippen molar-refractivity contribution in [2.45, 2.75) is 26.7 Å². The summed E-state index contributed by atoms with van der Waals surface area (Å²) in [6.45, 7) is 6.73. The van der Waals surface area contributed by atoms with Crippen LogP contribution in [0.4, 0.5) is 0 Å². The van der Waals surface area contributed by atoms with E-state index < -0.39 is 0 Å². The lowest BCUT2D eigenvalue weighted by molar-refractivity contribution is 0.0939. The first-order chi connectivity index (χ1) is 7.12. The van der Waals surface area contributed by atoms with E-state index in [0.29, 0.717) is 13.2 Å². The molecule has 0 unspecified atom stereocenters. The SMILES string of the molecule is CC(C)(C#N)CCCNCCOCCO. The van der Waals surface area contributed by atoms with Crippen LogP contribution in [0.5, 0.6) is 0 Å². The van der Waals surface area contributed by atoms with Gasteiger partial charge in [-0.3, -0.25) is 0 Å². The lowest BCUT2D eigenvalue weighted by atomic mass is 9.90. The summed E-state index contributed by atoms with van der Waals surface area (Å²) in [6.07, 6.45) is 1.91. The van der Waals surface area contributed by atoms with Crippen molar-refractivity contribution in [3.8, 4) is 6.07 Å². The lowest BCUT2D eigenvalue weighted by Gasteiger charge is -2.14. The van der Waals surface area contributed by atoms with Crippen LogP contribution in [0, 0.1) is 16.7 Å². The summed E-state index contributed by atoms with van der Waals surface area (Å²) in [7, 11) is 0. The van der Waals surface area contributed by atoms with E-state index in [1.807, 2.05) is 13.8 Å². The minimum absolute atomic E-state index is 0.0797. The molecule has 0 radical (unpaired) electrons. The molecule has 2 N–H and O–H groups in total. The van der Waals surface area contributed by atoms with Gasteiger partial charge in [0.1, 0.15) is 0 Å². The highest BCUT2D eigenvalue weighted by Crippen LogP contribution is 2.19. The quantitative estimate of drug-likeness (QED) is 0.560. The third kappa shape index (κ3) is 9.67. The van der Waals surface area contributed by atoms with Crippen LogP contribution in [0.15, 0.2) is 0 Å². The first kappa shape index (κ1) is 14.4. The largest absolute Gasteiger partial charge is 0.394 e. The van der Waals surface area contributed by atoms with Crippen molar-refractivity contribution < 1.29 is 9.84 Å². The number of hydrogen-bond acceptors (Lipinski definition) is 4. The van der Waals surface area contributed by atoms with Crippen molar-refractivity contribution in [1.29, 1.82) is 5.26 Å². The second-order valence-corrected chi connectivity index (χ2v) is 4.19. The average molecular weight is 214 g/mol. The van der Waals surface area contributed by atoms with Crippen molar-refractivity contribution in [2.75, 3.05) is 32.9 Å². The molecule has 0 heterocycles. The fraction of sp³-hybridized carbons (Fsp3) is 0.909. The molecule has 0 aromatic heterocycles. The maximum Gasteiger partial charge on any atom is 0.0698 e. The summed E-state index contributed by atoms with van der Waals surface area (Å²) in [5.74, 6) is 0. The smallest absolute Gasteiger partial charge is 0.0698 e. The molecule has 0 spiro atoms. The van der Waals surface area contributed by atoms with Crippen LogP contribution >= 0.6 is 0 Å². The summed E-state index contributed by atoms with van der Waals surface area (Å²) in [4.78, 5) is 0. The molecule has 4 nitrogen and oxygen atoms in total. The monoisotopic (exact) mass is 214 g/mol. The van der Waals surface area contributed by atoms with E-state index in [1.165, 1.54) is 0 Å². The van der Waals surface area contributed by atoms with Crippen LogP contribution in [-0.4, -0.2) is 38.0 Å². The molecule has 0 aliphatic heterocycles. The van der Waals surface area contributed by atoms with Crippen LogP contribution in [0.1, 0.15) is 26.7 Å². The second-order valence-electron chi connectivity index (χ2n) is 4.19. The van der Waals surface area contributed by atoms with Gasteiger partial charge in [-0.05, 0) is 33.2 Å². The third-order valence-electron chi connectivity index (χ3n) is 2.12. The third-order valence-corrected chi connectivity index (χ3v) is 2.12. The number of aliphatic hydroxyl groups is 1. The predicted octanol–water partition coefficient (Wildman–Crippen LogP) is 0.915. The fourth-order valence-electron chi connectivity index (χ4n) is 1.15. The molecule has 0 fully saturated rings. The van der Waals surface area contributed by atoms with Gasteiger partial charge in [0, 0.05) is 6.54 Å². The normalized spacial score (nSPS) is 11.3. The molecule has 15 heavy (non-hydrogen) atoms. The predicted molar refractivity (Wildman–Crippen MR) is 59.4 cm³/mol.